The van der Waals surface area contributed by atoms with Gasteiger partial charge in [0.15, 0.2) is 16.3 Å². The third-order valence-corrected chi connectivity index (χ3v) is 7.59. The van der Waals surface area contributed by atoms with E-state index in [1.165, 1.54) is 18.4 Å². The maximum absolute atomic E-state index is 13.7. The molecule has 0 unspecified atom stereocenters. The number of thiazole rings is 1. The highest BCUT2D eigenvalue weighted by Crippen LogP contribution is 2.35. The summed E-state index contributed by atoms with van der Waals surface area (Å²) < 4.78 is 13.0. The molecule has 0 bridgehead atoms. The summed E-state index contributed by atoms with van der Waals surface area (Å²) in [5.41, 5.74) is 3.24. The molecule has 36 heavy (non-hydrogen) atoms. The summed E-state index contributed by atoms with van der Waals surface area (Å²) in [5, 5.41) is 10.1. The molecule has 2 heterocycles. The summed E-state index contributed by atoms with van der Waals surface area (Å²) in [4.78, 5) is 31.9. The topological polar surface area (TPSA) is 90.1 Å². The average Bonchev–Trinajstić information content (AvgIpc) is 3.14. The molecule has 188 valence electrons. The van der Waals surface area contributed by atoms with E-state index >= 15 is 0 Å². The number of nitrogens with zero attached hydrogens (tertiary/aromatic N) is 2. The summed E-state index contributed by atoms with van der Waals surface area (Å²) in [7, 11) is 1.46. The minimum Gasteiger partial charge on any atom is -0.503 e. The van der Waals surface area contributed by atoms with Crippen LogP contribution >= 0.6 is 27.3 Å². The number of allylic oxidation sites excluding steroid dienone is 1. The van der Waals surface area contributed by atoms with Crippen molar-refractivity contribution in [3.8, 4) is 11.5 Å². The number of aromatic nitrogens is 1. The first-order valence-electron chi connectivity index (χ1n) is 11.5. The number of phenolic OH excluding ortho intramolecular Hbond substituents is 1. The van der Waals surface area contributed by atoms with Crippen LogP contribution in [0, 0.1) is 0 Å². The van der Waals surface area contributed by atoms with Crippen LogP contribution in [0.3, 0.4) is 0 Å². The first kappa shape index (κ1) is 25.9. The monoisotopic (exact) mass is 570 g/mol. The molecule has 1 aliphatic rings. The number of benzene rings is 2. The van der Waals surface area contributed by atoms with Gasteiger partial charge in [-0.25, -0.2) is 9.79 Å². The standard InChI is InChI=1S/C27H27BrN2O5S/c1-6-35-26(33)22-15(4)29-27-30(23(22)18-9-7-17(8-10-18)14(2)3)25(32)21(36-27)13-16-11-19(28)24(31)20(12-16)34-5/h7-14,23,31H,6H2,1-5H3/b21-13-/t23-/m1/s1. The van der Waals surface area contributed by atoms with Crippen molar-refractivity contribution in [1.82, 2.24) is 4.57 Å². The number of methoxy groups -OCH3 is 1. The predicted molar refractivity (Wildman–Crippen MR) is 143 cm³/mol. The minimum absolute atomic E-state index is 0.0179. The van der Waals surface area contributed by atoms with Gasteiger partial charge in [-0.2, -0.15) is 0 Å². The third-order valence-electron chi connectivity index (χ3n) is 6.00. The molecule has 0 fully saturated rings. The molecule has 9 heteroatoms. The van der Waals surface area contributed by atoms with E-state index < -0.39 is 12.0 Å². The second-order valence-electron chi connectivity index (χ2n) is 8.68. The molecule has 0 saturated heterocycles. The number of aromatic hydroxyl groups is 1. The van der Waals surface area contributed by atoms with Crippen LogP contribution in [0.1, 0.15) is 56.3 Å². The fourth-order valence-corrected chi connectivity index (χ4v) is 5.66. The number of rotatable bonds is 6. The van der Waals surface area contributed by atoms with E-state index in [0.29, 0.717) is 36.6 Å². The van der Waals surface area contributed by atoms with Gasteiger partial charge in [-0.15, -0.1) is 0 Å². The summed E-state index contributed by atoms with van der Waals surface area (Å²) in [6.45, 7) is 7.96. The number of carbonyl (C=O) groups excluding carboxylic acids is 1. The second-order valence-corrected chi connectivity index (χ2v) is 10.5. The Labute approximate surface area is 221 Å². The number of phenols is 1. The average molecular weight is 571 g/mol. The van der Waals surface area contributed by atoms with Gasteiger partial charge >= 0.3 is 5.97 Å². The molecule has 1 atom stereocenters. The molecule has 4 rings (SSSR count). The highest BCUT2D eigenvalue weighted by molar-refractivity contribution is 9.10. The summed E-state index contributed by atoms with van der Waals surface area (Å²) in [6.07, 6.45) is 1.72. The van der Waals surface area contributed by atoms with Gasteiger partial charge in [0.05, 0.1) is 40.0 Å². The van der Waals surface area contributed by atoms with Crippen LogP contribution in [-0.4, -0.2) is 29.4 Å². The molecule has 0 amide bonds. The number of ether oxygens (including phenoxy) is 2. The van der Waals surface area contributed by atoms with E-state index in [1.54, 1.807) is 36.6 Å². The highest BCUT2D eigenvalue weighted by Gasteiger charge is 2.33. The molecule has 0 saturated carbocycles. The normalized spacial score (nSPS) is 15.6. The lowest BCUT2D eigenvalue weighted by atomic mass is 9.93. The van der Waals surface area contributed by atoms with E-state index in [4.69, 9.17) is 9.47 Å². The molecule has 1 aromatic heterocycles. The fourth-order valence-electron chi connectivity index (χ4n) is 4.15. The molecule has 0 radical (unpaired) electrons. The van der Waals surface area contributed by atoms with E-state index in [9.17, 15) is 14.7 Å². The van der Waals surface area contributed by atoms with E-state index in [0.717, 1.165) is 11.1 Å². The number of halogens is 1. The van der Waals surface area contributed by atoms with Gasteiger partial charge in [0.25, 0.3) is 5.56 Å². The largest absolute Gasteiger partial charge is 0.503 e. The fraction of sp³-hybridized carbons (Fsp3) is 0.296. The summed E-state index contributed by atoms with van der Waals surface area (Å²) in [6, 6.07) is 10.6. The minimum atomic E-state index is -0.662. The maximum Gasteiger partial charge on any atom is 0.338 e. The highest BCUT2D eigenvalue weighted by atomic mass is 79.9. The predicted octanol–water partition coefficient (Wildman–Crippen LogP) is 4.40. The van der Waals surface area contributed by atoms with Gasteiger partial charge in [-0.1, -0.05) is 49.4 Å². The Morgan fingerprint density at radius 2 is 1.97 bits per heavy atom. The van der Waals surface area contributed by atoms with E-state index in [1.807, 2.05) is 24.3 Å². The van der Waals surface area contributed by atoms with Crippen LogP contribution in [-0.2, 0) is 9.53 Å². The summed E-state index contributed by atoms with van der Waals surface area (Å²) >= 11 is 4.56. The molecule has 0 spiro atoms. The zero-order valence-electron chi connectivity index (χ0n) is 20.7. The van der Waals surface area contributed by atoms with Crippen molar-refractivity contribution in [2.24, 2.45) is 4.99 Å². The first-order chi connectivity index (χ1) is 17.2. The van der Waals surface area contributed by atoms with Crippen LogP contribution in [0.4, 0.5) is 0 Å². The van der Waals surface area contributed by atoms with Crippen LogP contribution in [0.2, 0.25) is 0 Å². The van der Waals surface area contributed by atoms with Gasteiger partial charge in [0, 0.05) is 0 Å². The van der Waals surface area contributed by atoms with Gasteiger partial charge < -0.3 is 14.6 Å². The maximum atomic E-state index is 13.7. The molecule has 1 N–H and O–H groups in total. The van der Waals surface area contributed by atoms with Gasteiger partial charge in [-0.05, 0) is 70.6 Å². The van der Waals surface area contributed by atoms with Crippen LogP contribution < -0.4 is 19.6 Å². The Bertz CT molecular complexity index is 1530. The van der Waals surface area contributed by atoms with Crippen molar-refractivity contribution in [3.05, 3.63) is 88.5 Å². The Hall–Kier alpha value is -3.17. The smallest absolute Gasteiger partial charge is 0.338 e. The molecule has 0 aliphatic carbocycles. The van der Waals surface area contributed by atoms with E-state index in [2.05, 4.69) is 34.8 Å². The van der Waals surface area contributed by atoms with Crippen molar-refractivity contribution < 1.29 is 19.4 Å². The number of carbonyl (C=O) groups is 1. The molecular weight excluding hydrogens is 544 g/mol. The van der Waals surface area contributed by atoms with Crippen molar-refractivity contribution in [3.63, 3.8) is 0 Å². The number of hydrogen-bond acceptors (Lipinski definition) is 7. The molecule has 2 aromatic carbocycles. The number of hydrogen-bond donors (Lipinski definition) is 1. The van der Waals surface area contributed by atoms with Crippen LogP contribution in [0.25, 0.3) is 6.08 Å². The molecule has 1 aliphatic heterocycles. The molecular formula is C27H27BrN2O5S. The van der Waals surface area contributed by atoms with Crippen LogP contribution in [0.15, 0.2) is 61.9 Å². The number of fused-ring (bicyclic) bond motifs is 1. The van der Waals surface area contributed by atoms with Crippen molar-refractivity contribution in [2.75, 3.05) is 13.7 Å². The third kappa shape index (κ3) is 4.77. The lowest BCUT2D eigenvalue weighted by Crippen LogP contribution is -2.39. The lowest BCUT2D eigenvalue weighted by Gasteiger charge is -2.25. The van der Waals surface area contributed by atoms with Gasteiger partial charge in [0.1, 0.15) is 0 Å². The second kappa shape index (κ2) is 10.4. The molecule has 7 nitrogen and oxygen atoms in total. The summed E-state index contributed by atoms with van der Waals surface area (Å²) in [5.74, 6) is 0.130. The Morgan fingerprint density at radius 1 is 1.28 bits per heavy atom. The van der Waals surface area contributed by atoms with Gasteiger partial charge in [-0.3, -0.25) is 9.36 Å². The Balaban J connectivity index is 1.94. The van der Waals surface area contributed by atoms with Gasteiger partial charge in [0.2, 0.25) is 0 Å². The lowest BCUT2D eigenvalue weighted by molar-refractivity contribution is -0.139. The van der Waals surface area contributed by atoms with Crippen LogP contribution in [0.5, 0.6) is 11.5 Å². The van der Waals surface area contributed by atoms with Crippen molar-refractivity contribution in [1.29, 1.82) is 0 Å². The SMILES string of the molecule is CCOC(=O)C1=C(C)N=c2s/c(=C\c3cc(Br)c(O)c(OC)c3)c(=O)n2[C@@H]1c1ccc(C(C)C)cc1. The Morgan fingerprint density at radius 3 is 2.58 bits per heavy atom. The zero-order valence-corrected chi connectivity index (χ0v) is 23.1. The quantitative estimate of drug-likeness (QED) is 0.444. The number of esters is 1. The first-order valence-corrected chi connectivity index (χ1v) is 13.1. The van der Waals surface area contributed by atoms with E-state index in [-0.39, 0.29) is 23.7 Å². The van der Waals surface area contributed by atoms with Crippen molar-refractivity contribution in [2.45, 2.75) is 39.7 Å². The zero-order chi connectivity index (χ0) is 26.1. The van der Waals surface area contributed by atoms with Crippen molar-refractivity contribution >= 4 is 39.3 Å². The molecule has 3 aromatic rings. The Kier molecular flexibility index (Phi) is 7.51.